The fourth-order valence-corrected chi connectivity index (χ4v) is 3.66. The number of aliphatic imine (C=N–C) groups is 1. The van der Waals surface area contributed by atoms with Gasteiger partial charge in [0.25, 0.3) is 0 Å². The van der Waals surface area contributed by atoms with E-state index >= 15 is 0 Å². The number of benzene rings is 1. The van der Waals surface area contributed by atoms with Crippen LogP contribution in [0.5, 0.6) is 0 Å². The van der Waals surface area contributed by atoms with Crippen molar-refractivity contribution in [3.05, 3.63) is 53.0 Å². The van der Waals surface area contributed by atoms with Gasteiger partial charge in [0.1, 0.15) is 11.6 Å². The van der Waals surface area contributed by atoms with Gasteiger partial charge in [-0.2, -0.15) is 0 Å². The molecule has 0 amide bonds. The summed E-state index contributed by atoms with van der Waals surface area (Å²) in [5, 5.41) is 6.70. The lowest BCUT2D eigenvalue weighted by Crippen LogP contribution is -2.39. The highest BCUT2D eigenvalue weighted by Gasteiger charge is 2.20. The number of guanidine groups is 1. The number of aryl methyl sites for hydroxylation is 2. The number of hydrogen-bond donors (Lipinski definition) is 2. The van der Waals surface area contributed by atoms with Gasteiger partial charge >= 0.3 is 0 Å². The van der Waals surface area contributed by atoms with Crippen LogP contribution in [0.1, 0.15) is 42.7 Å². The molecule has 1 saturated heterocycles. The molecule has 31 heavy (non-hydrogen) atoms. The molecule has 1 aliphatic rings. The van der Waals surface area contributed by atoms with Gasteiger partial charge in [-0.05, 0) is 76.7 Å². The predicted octanol–water partition coefficient (Wildman–Crippen LogP) is 4.06. The molecule has 8 heteroatoms. The Balaban J connectivity index is 0.00000341. The average Bonchev–Trinajstić information content (AvgIpc) is 3.05. The molecule has 0 unspecified atom stereocenters. The van der Waals surface area contributed by atoms with E-state index in [0.717, 1.165) is 87.4 Å². The first-order chi connectivity index (χ1) is 14.5. The molecule has 1 fully saturated rings. The normalized spacial score (nSPS) is 15.5. The lowest BCUT2D eigenvalue weighted by molar-refractivity contribution is 0.166. The molecule has 0 bridgehead atoms. The molecule has 2 N–H and O–H groups in total. The van der Waals surface area contributed by atoms with Gasteiger partial charge in [0.15, 0.2) is 5.96 Å². The van der Waals surface area contributed by atoms with Gasteiger partial charge in [0.05, 0.1) is 12.2 Å². The molecule has 2 aromatic rings. The minimum Gasteiger partial charge on any atom is -0.444 e. The third kappa shape index (κ3) is 8.40. The summed E-state index contributed by atoms with van der Waals surface area (Å²) in [4.78, 5) is 11.7. The number of likely N-dealkylation sites (tertiary alicyclic amines) is 1. The van der Waals surface area contributed by atoms with Crippen molar-refractivity contribution >= 4 is 29.9 Å². The largest absolute Gasteiger partial charge is 0.444 e. The Morgan fingerprint density at radius 3 is 2.52 bits per heavy atom. The van der Waals surface area contributed by atoms with E-state index in [0.29, 0.717) is 5.92 Å². The van der Waals surface area contributed by atoms with Gasteiger partial charge < -0.3 is 15.1 Å². The molecule has 1 aromatic carbocycles. The Morgan fingerprint density at radius 1 is 1.19 bits per heavy atom. The molecular weight excluding hydrogens is 508 g/mol. The zero-order chi connectivity index (χ0) is 21.3. The highest BCUT2D eigenvalue weighted by Crippen LogP contribution is 2.20. The van der Waals surface area contributed by atoms with Crippen molar-refractivity contribution in [3.63, 3.8) is 0 Å². The van der Waals surface area contributed by atoms with E-state index in [-0.39, 0.29) is 29.8 Å². The number of piperidine rings is 1. The van der Waals surface area contributed by atoms with Crippen molar-refractivity contribution in [1.82, 2.24) is 20.5 Å². The third-order valence-electron chi connectivity index (χ3n) is 5.61. The van der Waals surface area contributed by atoms with Crippen molar-refractivity contribution < 1.29 is 8.81 Å². The maximum atomic E-state index is 13.0. The molecule has 2 heterocycles. The van der Waals surface area contributed by atoms with Crippen LogP contribution in [-0.4, -0.2) is 48.6 Å². The summed E-state index contributed by atoms with van der Waals surface area (Å²) < 4.78 is 18.7. The van der Waals surface area contributed by atoms with Gasteiger partial charge in [-0.25, -0.2) is 9.37 Å². The van der Waals surface area contributed by atoms with Gasteiger partial charge in [-0.1, -0.05) is 12.1 Å². The maximum absolute atomic E-state index is 13.0. The molecule has 0 aliphatic carbocycles. The van der Waals surface area contributed by atoms with E-state index < -0.39 is 0 Å². The summed E-state index contributed by atoms with van der Waals surface area (Å²) in [6.45, 7) is 11.3. The second-order valence-corrected chi connectivity index (χ2v) is 7.99. The first kappa shape index (κ1) is 25.6. The van der Waals surface area contributed by atoms with Crippen molar-refractivity contribution in [1.29, 1.82) is 0 Å². The van der Waals surface area contributed by atoms with Crippen molar-refractivity contribution in [3.8, 4) is 0 Å². The Hall–Kier alpha value is -1.68. The number of aromatic nitrogens is 1. The minimum absolute atomic E-state index is 0. The summed E-state index contributed by atoms with van der Waals surface area (Å²) in [6, 6.07) is 6.67. The topological polar surface area (TPSA) is 65.7 Å². The lowest BCUT2D eigenvalue weighted by Gasteiger charge is -2.30. The van der Waals surface area contributed by atoms with E-state index in [1.807, 2.05) is 26.0 Å². The SMILES string of the molecule is CCNC(=NCC1CCN(Cc2nc(C)c(C)o2)CC1)NCCc1ccc(F)cc1.I. The fraction of sp³-hybridized carbons (Fsp3) is 0.565. The van der Waals surface area contributed by atoms with Crippen LogP contribution in [-0.2, 0) is 13.0 Å². The van der Waals surface area contributed by atoms with Gasteiger partial charge in [-0.3, -0.25) is 9.89 Å². The van der Waals surface area contributed by atoms with E-state index in [9.17, 15) is 4.39 Å². The molecular formula is C23H35FIN5O. The van der Waals surface area contributed by atoms with Crippen LogP contribution in [0, 0.1) is 25.6 Å². The quantitative estimate of drug-likeness (QED) is 0.299. The van der Waals surface area contributed by atoms with E-state index in [1.165, 1.54) is 12.1 Å². The molecule has 0 saturated carbocycles. The second kappa shape index (κ2) is 13.0. The number of halogens is 2. The summed E-state index contributed by atoms with van der Waals surface area (Å²) in [6.07, 6.45) is 3.11. The number of nitrogens with one attached hydrogen (secondary N) is 2. The second-order valence-electron chi connectivity index (χ2n) is 7.99. The zero-order valence-corrected chi connectivity index (χ0v) is 21.1. The Morgan fingerprint density at radius 2 is 1.90 bits per heavy atom. The van der Waals surface area contributed by atoms with Crippen molar-refractivity contribution in [2.75, 3.05) is 32.7 Å². The number of nitrogens with zero attached hydrogens (tertiary/aromatic N) is 3. The van der Waals surface area contributed by atoms with E-state index in [2.05, 4.69) is 27.4 Å². The van der Waals surface area contributed by atoms with Gasteiger partial charge in [0.2, 0.25) is 5.89 Å². The molecule has 6 nitrogen and oxygen atoms in total. The number of rotatable bonds is 8. The minimum atomic E-state index is -0.196. The Labute approximate surface area is 202 Å². The van der Waals surface area contributed by atoms with Crippen molar-refractivity contribution in [2.24, 2.45) is 10.9 Å². The van der Waals surface area contributed by atoms with Crippen LogP contribution in [0.15, 0.2) is 33.7 Å². The fourth-order valence-electron chi connectivity index (χ4n) is 3.66. The molecule has 1 aliphatic heterocycles. The van der Waals surface area contributed by atoms with Gasteiger partial charge in [0, 0.05) is 19.6 Å². The molecule has 0 atom stereocenters. The number of oxazole rings is 1. The lowest BCUT2D eigenvalue weighted by atomic mass is 9.97. The Bertz CT molecular complexity index is 796. The average molecular weight is 543 g/mol. The Kier molecular flexibility index (Phi) is 10.7. The predicted molar refractivity (Wildman–Crippen MR) is 133 cm³/mol. The van der Waals surface area contributed by atoms with Gasteiger partial charge in [-0.15, -0.1) is 24.0 Å². The highest BCUT2D eigenvalue weighted by molar-refractivity contribution is 14.0. The monoisotopic (exact) mass is 543 g/mol. The molecule has 3 rings (SSSR count). The summed E-state index contributed by atoms with van der Waals surface area (Å²) in [5.74, 6) is 2.99. The van der Waals surface area contributed by atoms with Crippen LogP contribution in [0.3, 0.4) is 0 Å². The summed E-state index contributed by atoms with van der Waals surface area (Å²) >= 11 is 0. The maximum Gasteiger partial charge on any atom is 0.208 e. The summed E-state index contributed by atoms with van der Waals surface area (Å²) in [5.41, 5.74) is 2.10. The standard InChI is InChI=1S/C23H34FN5O.HI/c1-4-25-23(26-12-9-19-5-7-21(24)8-6-19)27-15-20-10-13-29(14-11-20)16-22-28-17(2)18(3)30-22;/h5-8,20H,4,9-16H2,1-3H3,(H2,25,26,27);1H. The van der Waals surface area contributed by atoms with E-state index in [4.69, 9.17) is 9.41 Å². The van der Waals surface area contributed by atoms with E-state index in [1.54, 1.807) is 0 Å². The van der Waals surface area contributed by atoms with Crippen LogP contribution in [0.2, 0.25) is 0 Å². The van der Waals surface area contributed by atoms with Crippen LogP contribution in [0.4, 0.5) is 4.39 Å². The molecule has 172 valence electrons. The first-order valence-electron chi connectivity index (χ1n) is 11.0. The highest BCUT2D eigenvalue weighted by atomic mass is 127. The molecule has 0 radical (unpaired) electrons. The molecule has 1 aromatic heterocycles. The smallest absolute Gasteiger partial charge is 0.208 e. The molecule has 0 spiro atoms. The van der Waals surface area contributed by atoms with Crippen LogP contribution in [0.25, 0.3) is 0 Å². The zero-order valence-electron chi connectivity index (χ0n) is 18.8. The third-order valence-corrected chi connectivity index (χ3v) is 5.61. The number of hydrogen-bond acceptors (Lipinski definition) is 4. The van der Waals surface area contributed by atoms with Crippen molar-refractivity contribution in [2.45, 2.75) is 46.6 Å². The summed E-state index contributed by atoms with van der Waals surface area (Å²) in [7, 11) is 0. The first-order valence-corrected chi connectivity index (χ1v) is 11.0. The van der Waals surface area contributed by atoms with Crippen LogP contribution >= 0.6 is 24.0 Å². The van der Waals surface area contributed by atoms with Crippen LogP contribution < -0.4 is 10.6 Å².